The number of benzene rings is 3. The van der Waals surface area contributed by atoms with Gasteiger partial charge in [-0.15, -0.1) is 0 Å². The minimum absolute atomic E-state index is 0.00568. The van der Waals surface area contributed by atoms with E-state index in [-0.39, 0.29) is 11.2 Å². The maximum absolute atomic E-state index is 13.3. The average Bonchev–Trinajstić information content (AvgIpc) is 2.73. The Kier molecular flexibility index (Phi) is 6.21. The van der Waals surface area contributed by atoms with Gasteiger partial charge in [0.2, 0.25) is 5.78 Å². The van der Waals surface area contributed by atoms with Crippen molar-refractivity contribution in [2.45, 2.75) is 46.1 Å². The molecule has 0 aliphatic heterocycles. The van der Waals surface area contributed by atoms with Crippen LogP contribution in [-0.4, -0.2) is 11.8 Å². The van der Waals surface area contributed by atoms with Gasteiger partial charge in [-0.1, -0.05) is 75.4 Å². The van der Waals surface area contributed by atoms with Gasteiger partial charge in [0.1, 0.15) is 0 Å². The van der Waals surface area contributed by atoms with Crippen LogP contribution in [-0.2, 0) is 10.2 Å². The summed E-state index contributed by atoms with van der Waals surface area (Å²) in [6, 6.07) is 22.1. The Hall–Kier alpha value is -3.20. The number of Topliss-reactive ketones (excluding diaryl/α,β-unsaturated/α-hetero) is 1. The van der Waals surface area contributed by atoms with Gasteiger partial charge >= 0.3 is 5.97 Å². The molecule has 30 heavy (non-hydrogen) atoms. The highest BCUT2D eigenvalue weighted by atomic mass is 16.5. The van der Waals surface area contributed by atoms with Crippen LogP contribution in [0.1, 0.15) is 69.8 Å². The van der Waals surface area contributed by atoms with Crippen LogP contribution < -0.4 is 0 Å². The van der Waals surface area contributed by atoms with Crippen molar-refractivity contribution in [1.29, 1.82) is 0 Å². The van der Waals surface area contributed by atoms with E-state index in [1.165, 1.54) is 0 Å². The first-order chi connectivity index (χ1) is 14.2. The number of carbonyl (C=O) groups excluding carboxylic acids is 2. The predicted octanol–water partition coefficient (Wildman–Crippen LogP) is 6.38. The molecule has 0 unspecified atom stereocenters. The fourth-order valence-electron chi connectivity index (χ4n) is 3.23. The highest BCUT2D eigenvalue weighted by Crippen LogP contribution is 2.26. The lowest BCUT2D eigenvalue weighted by atomic mass is 9.87. The summed E-state index contributed by atoms with van der Waals surface area (Å²) in [5, 5.41) is 0. The Balaban J connectivity index is 1.90. The van der Waals surface area contributed by atoms with E-state index < -0.39 is 12.1 Å². The van der Waals surface area contributed by atoms with Crippen molar-refractivity contribution in [2.75, 3.05) is 0 Å². The van der Waals surface area contributed by atoms with E-state index in [1.54, 1.807) is 30.3 Å². The van der Waals surface area contributed by atoms with Gasteiger partial charge in [0.15, 0.2) is 6.10 Å². The van der Waals surface area contributed by atoms with Crippen LogP contribution in [0.15, 0.2) is 72.8 Å². The lowest BCUT2D eigenvalue weighted by Crippen LogP contribution is -2.20. The van der Waals surface area contributed by atoms with Crippen LogP contribution in [0.25, 0.3) is 0 Å². The highest BCUT2D eigenvalue weighted by molar-refractivity contribution is 6.02. The van der Waals surface area contributed by atoms with Gasteiger partial charge in [0.05, 0.1) is 5.56 Å². The molecule has 3 aromatic carbocycles. The smallest absolute Gasteiger partial charge is 0.339 e. The first-order valence-electron chi connectivity index (χ1n) is 10.1. The maximum Gasteiger partial charge on any atom is 0.339 e. The zero-order valence-corrected chi connectivity index (χ0v) is 18.2. The van der Waals surface area contributed by atoms with E-state index in [0.29, 0.717) is 16.7 Å². The second-order valence-corrected chi connectivity index (χ2v) is 8.69. The molecule has 1 atom stereocenters. The van der Waals surface area contributed by atoms with Gasteiger partial charge in [-0.05, 0) is 54.2 Å². The summed E-state index contributed by atoms with van der Waals surface area (Å²) in [6.07, 6.45) is -0.997. The zero-order valence-electron chi connectivity index (χ0n) is 18.2. The first-order valence-corrected chi connectivity index (χ1v) is 10.1. The number of aryl methyl sites for hydroxylation is 2. The predicted molar refractivity (Wildman–Crippen MR) is 120 cm³/mol. The van der Waals surface area contributed by atoms with Crippen molar-refractivity contribution in [3.8, 4) is 0 Å². The summed E-state index contributed by atoms with van der Waals surface area (Å²) in [4.78, 5) is 26.2. The van der Waals surface area contributed by atoms with Crippen LogP contribution in [0.4, 0.5) is 0 Å². The van der Waals surface area contributed by atoms with Crippen LogP contribution in [0.5, 0.6) is 0 Å². The van der Waals surface area contributed by atoms with Crippen molar-refractivity contribution in [2.24, 2.45) is 0 Å². The molecular formula is C27H28O3. The van der Waals surface area contributed by atoms with E-state index in [0.717, 1.165) is 16.7 Å². The van der Waals surface area contributed by atoms with E-state index >= 15 is 0 Å². The molecule has 0 spiro atoms. The molecular weight excluding hydrogens is 372 g/mol. The molecule has 0 heterocycles. The number of hydrogen-bond acceptors (Lipinski definition) is 3. The molecule has 0 fully saturated rings. The van der Waals surface area contributed by atoms with Gasteiger partial charge in [-0.3, -0.25) is 4.79 Å². The molecule has 0 aliphatic carbocycles. The standard InChI is InChI=1S/C27H28O3/c1-18-11-12-22(17-19(18)2)24(28)25(20-9-7-6-8-10-20)30-26(29)21-13-15-23(16-14-21)27(3,4)5/h6-17,25H,1-5H3/t25-/m1/s1. The summed E-state index contributed by atoms with van der Waals surface area (Å²) in [7, 11) is 0. The second kappa shape index (κ2) is 8.66. The van der Waals surface area contributed by atoms with E-state index in [1.807, 2.05) is 56.3 Å². The molecule has 3 heteroatoms. The average molecular weight is 401 g/mol. The van der Waals surface area contributed by atoms with Gasteiger partial charge in [-0.25, -0.2) is 4.79 Å². The molecule has 3 aromatic rings. The first kappa shape index (κ1) is 21.5. The van der Waals surface area contributed by atoms with E-state index in [9.17, 15) is 9.59 Å². The Bertz CT molecular complexity index is 1040. The monoisotopic (exact) mass is 400 g/mol. The van der Waals surface area contributed by atoms with Crippen LogP contribution in [0.2, 0.25) is 0 Å². The van der Waals surface area contributed by atoms with Crippen molar-refractivity contribution in [3.05, 3.63) is 106 Å². The third-order valence-corrected chi connectivity index (χ3v) is 5.34. The van der Waals surface area contributed by atoms with Crippen LogP contribution >= 0.6 is 0 Å². The second-order valence-electron chi connectivity index (χ2n) is 8.69. The molecule has 0 saturated carbocycles. The SMILES string of the molecule is Cc1ccc(C(=O)[C@H](OC(=O)c2ccc(C(C)(C)C)cc2)c2ccccc2)cc1C. The third kappa shape index (κ3) is 4.85. The fraction of sp³-hybridized carbons (Fsp3) is 0.259. The largest absolute Gasteiger partial charge is 0.445 e. The van der Waals surface area contributed by atoms with E-state index in [4.69, 9.17) is 4.74 Å². The number of rotatable bonds is 5. The Morgan fingerprint density at radius 1 is 0.767 bits per heavy atom. The summed E-state index contributed by atoms with van der Waals surface area (Å²) in [6.45, 7) is 10.3. The lowest BCUT2D eigenvalue weighted by Gasteiger charge is -2.20. The molecule has 0 N–H and O–H groups in total. The van der Waals surface area contributed by atoms with Crippen molar-refractivity contribution < 1.29 is 14.3 Å². The van der Waals surface area contributed by atoms with Gasteiger partial charge in [0.25, 0.3) is 0 Å². The fourth-order valence-corrected chi connectivity index (χ4v) is 3.23. The summed E-state index contributed by atoms with van der Waals surface area (Å²) in [5.74, 6) is -0.745. The van der Waals surface area contributed by atoms with Gasteiger partial charge in [-0.2, -0.15) is 0 Å². The molecule has 3 rings (SSSR count). The normalized spacial score (nSPS) is 12.3. The molecule has 0 radical (unpaired) electrons. The lowest BCUT2D eigenvalue weighted by molar-refractivity contribution is 0.0280. The molecule has 0 aromatic heterocycles. The summed E-state index contributed by atoms with van der Waals surface area (Å²) >= 11 is 0. The summed E-state index contributed by atoms with van der Waals surface area (Å²) in [5.41, 5.74) is 4.87. The molecule has 154 valence electrons. The Morgan fingerprint density at radius 3 is 1.93 bits per heavy atom. The minimum Gasteiger partial charge on any atom is -0.445 e. The topological polar surface area (TPSA) is 43.4 Å². The highest BCUT2D eigenvalue weighted by Gasteiger charge is 2.27. The van der Waals surface area contributed by atoms with Crippen molar-refractivity contribution >= 4 is 11.8 Å². The van der Waals surface area contributed by atoms with Crippen molar-refractivity contribution in [1.82, 2.24) is 0 Å². The van der Waals surface area contributed by atoms with Crippen molar-refractivity contribution in [3.63, 3.8) is 0 Å². The zero-order chi connectivity index (χ0) is 21.9. The number of ether oxygens (including phenoxy) is 1. The number of carbonyl (C=O) groups is 2. The van der Waals surface area contributed by atoms with Gasteiger partial charge < -0.3 is 4.74 Å². The quantitative estimate of drug-likeness (QED) is 0.368. The third-order valence-electron chi connectivity index (χ3n) is 5.34. The van der Waals surface area contributed by atoms with Gasteiger partial charge in [0, 0.05) is 11.1 Å². The van der Waals surface area contributed by atoms with E-state index in [2.05, 4.69) is 20.8 Å². The molecule has 0 saturated heterocycles. The molecule has 0 bridgehead atoms. The summed E-state index contributed by atoms with van der Waals surface area (Å²) < 4.78 is 5.75. The number of hydrogen-bond donors (Lipinski definition) is 0. The Labute approximate surface area is 178 Å². The number of ketones is 1. The minimum atomic E-state index is -0.997. The van der Waals surface area contributed by atoms with Crippen LogP contribution in [0, 0.1) is 13.8 Å². The maximum atomic E-state index is 13.3. The van der Waals surface area contributed by atoms with Crippen LogP contribution in [0.3, 0.4) is 0 Å². The Morgan fingerprint density at radius 2 is 1.37 bits per heavy atom. The molecule has 0 aliphatic rings. The molecule has 0 amide bonds. The molecule has 3 nitrogen and oxygen atoms in total. The number of esters is 1.